The Morgan fingerprint density at radius 3 is 2.51 bits per heavy atom. The van der Waals surface area contributed by atoms with Crippen molar-refractivity contribution >= 4 is 11.8 Å². The summed E-state index contributed by atoms with van der Waals surface area (Å²) in [4.78, 5) is 26.0. The molecule has 2 heterocycles. The van der Waals surface area contributed by atoms with Crippen molar-refractivity contribution in [1.29, 1.82) is 0 Å². The molecule has 0 aromatic carbocycles. The highest BCUT2D eigenvalue weighted by Gasteiger charge is 2.58. The molecule has 0 amide bonds. The molecule has 6 aliphatic rings. The number of Topliss-reactive ketones (excluding diaryl/α,β-unsaturated/α-hetero) is 1. The number of hydrogen-bond donors (Lipinski definition) is 5. The lowest BCUT2D eigenvalue weighted by atomic mass is 9.52. The largest absolute Gasteiger partial charge is 0.458 e. The number of allylic oxidation sites excluding steroid dienone is 1. The van der Waals surface area contributed by atoms with Crippen LogP contribution in [0.5, 0.6) is 0 Å². The number of cyclic esters (lactones) is 1. The van der Waals surface area contributed by atoms with Gasteiger partial charge in [-0.1, -0.05) is 19.4 Å². The van der Waals surface area contributed by atoms with Gasteiger partial charge in [0.25, 0.3) is 0 Å². The van der Waals surface area contributed by atoms with Gasteiger partial charge >= 0.3 is 5.97 Å². The van der Waals surface area contributed by atoms with Crippen LogP contribution in [0.2, 0.25) is 0 Å². The predicted molar refractivity (Wildman–Crippen MR) is 153 cm³/mol. The van der Waals surface area contributed by atoms with Crippen molar-refractivity contribution in [2.75, 3.05) is 13.2 Å². The highest BCUT2D eigenvalue weighted by molar-refractivity contribution is 5.98. The van der Waals surface area contributed by atoms with E-state index in [0.29, 0.717) is 42.1 Å². The molecule has 43 heavy (non-hydrogen) atoms. The fourth-order valence-corrected chi connectivity index (χ4v) is 9.90. The summed E-state index contributed by atoms with van der Waals surface area (Å²) in [5, 5.41) is 50.2. The standard InChI is InChI=1S/C33H48O10/c1-15-18(14-41-32-30(39)29(38)28(37)26(13-34)43-32)11-25(42-31(15)40)16(2)22-6-7-23-20-5-4-17-10-19(35)12-24(36)27(17)21(20)8-9-33(22,23)3/h16,19-23,25-26,28-30,32,34-35,37-39H,4-14H2,1-3H3/t16-,19+,20+,21-,22+,23-,25+,26+,28+,29-,30+,32+,33+/m0/s1. The zero-order valence-electron chi connectivity index (χ0n) is 25.5. The van der Waals surface area contributed by atoms with E-state index in [9.17, 15) is 35.1 Å². The first kappa shape index (κ1) is 31.3. The van der Waals surface area contributed by atoms with Crippen LogP contribution >= 0.6 is 0 Å². The SMILES string of the molecule is CC1=C(CO[C@@H]2O[C@H](CO)[C@@H](O)[C@H](O)[C@H]2O)C[C@H]([C@@H](C)[C@H]2CC[C@H]3[C@@H]4CCC5=C(C(=O)C[C@H](O)C5)[C@H]4CC[C@]23C)OC1=O. The van der Waals surface area contributed by atoms with Gasteiger partial charge in [-0.05, 0) is 98.0 Å². The van der Waals surface area contributed by atoms with Gasteiger partial charge in [0.2, 0.25) is 0 Å². The van der Waals surface area contributed by atoms with Crippen LogP contribution in [0.25, 0.3) is 0 Å². The van der Waals surface area contributed by atoms with Crippen LogP contribution < -0.4 is 0 Å². The molecule has 0 radical (unpaired) electrons. The third-order valence-corrected chi connectivity index (χ3v) is 12.3. The lowest BCUT2D eigenvalue weighted by Crippen LogP contribution is -2.59. The third-order valence-electron chi connectivity index (χ3n) is 12.3. The second kappa shape index (κ2) is 11.9. The molecule has 0 aromatic rings. The molecule has 240 valence electrons. The Labute approximate surface area is 253 Å². The number of rotatable bonds is 6. The number of aliphatic hydroxyl groups is 5. The van der Waals surface area contributed by atoms with Crippen molar-refractivity contribution < 1.29 is 49.3 Å². The average Bonchev–Trinajstić information content (AvgIpc) is 3.33. The van der Waals surface area contributed by atoms with Gasteiger partial charge in [-0.3, -0.25) is 4.79 Å². The van der Waals surface area contributed by atoms with Gasteiger partial charge in [0.1, 0.15) is 30.5 Å². The smallest absolute Gasteiger partial charge is 0.334 e. The van der Waals surface area contributed by atoms with Crippen LogP contribution in [-0.2, 0) is 23.8 Å². The summed E-state index contributed by atoms with van der Waals surface area (Å²) in [5.74, 6) is 1.54. The molecule has 6 rings (SSSR count). The average molecular weight is 605 g/mol. The highest BCUT2D eigenvalue weighted by atomic mass is 16.7. The molecule has 4 aliphatic carbocycles. The topological polar surface area (TPSA) is 163 Å². The summed E-state index contributed by atoms with van der Waals surface area (Å²) in [7, 11) is 0. The van der Waals surface area contributed by atoms with Crippen molar-refractivity contribution in [3.8, 4) is 0 Å². The number of hydrogen-bond acceptors (Lipinski definition) is 10. The summed E-state index contributed by atoms with van der Waals surface area (Å²) < 4.78 is 17.3. The molecule has 2 saturated carbocycles. The van der Waals surface area contributed by atoms with E-state index in [0.717, 1.165) is 49.7 Å². The zero-order chi connectivity index (χ0) is 30.8. The molecule has 5 N–H and O–H groups in total. The molecular weight excluding hydrogens is 556 g/mol. The van der Waals surface area contributed by atoms with Gasteiger partial charge in [0, 0.05) is 18.4 Å². The number of carbonyl (C=O) groups is 2. The first-order chi connectivity index (χ1) is 20.4. The van der Waals surface area contributed by atoms with E-state index < -0.39 is 43.4 Å². The van der Waals surface area contributed by atoms with Crippen LogP contribution in [0, 0.1) is 35.0 Å². The van der Waals surface area contributed by atoms with Gasteiger partial charge < -0.3 is 39.7 Å². The van der Waals surface area contributed by atoms with Gasteiger partial charge in [0.15, 0.2) is 12.1 Å². The van der Waals surface area contributed by atoms with Crippen molar-refractivity contribution in [1.82, 2.24) is 0 Å². The maximum absolute atomic E-state index is 13.0. The number of ether oxygens (including phenoxy) is 3. The molecule has 0 unspecified atom stereocenters. The van der Waals surface area contributed by atoms with Gasteiger partial charge in [-0.15, -0.1) is 0 Å². The Morgan fingerprint density at radius 1 is 1.00 bits per heavy atom. The highest BCUT2D eigenvalue weighted by Crippen LogP contribution is 2.64. The molecule has 1 saturated heterocycles. The minimum atomic E-state index is -1.53. The summed E-state index contributed by atoms with van der Waals surface area (Å²) in [6, 6.07) is 0. The van der Waals surface area contributed by atoms with Crippen molar-refractivity contribution in [3.63, 3.8) is 0 Å². The molecule has 3 fully saturated rings. The van der Waals surface area contributed by atoms with E-state index in [1.807, 2.05) is 0 Å². The maximum atomic E-state index is 13.0. The Kier molecular flexibility index (Phi) is 8.69. The van der Waals surface area contributed by atoms with Gasteiger partial charge in [-0.25, -0.2) is 4.79 Å². The summed E-state index contributed by atoms with van der Waals surface area (Å²) in [5.41, 5.74) is 3.54. The lowest BCUT2D eigenvalue weighted by molar-refractivity contribution is -0.299. The first-order valence-electron chi connectivity index (χ1n) is 16.2. The van der Waals surface area contributed by atoms with Crippen LogP contribution in [0.4, 0.5) is 0 Å². The molecule has 0 spiro atoms. The van der Waals surface area contributed by atoms with Gasteiger partial charge in [-0.2, -0.15) is 0 Å². The molecule has 0 bridgehead atoms. The summed E-state index contributed by atoms with van der Waals surface area (Å²) >= 11 is 0. The summed E-state index contributed by atoms with van der Waals surface area (Å²) in [6.45, 7) is 5.74. The molecule has 10 heteroatoms. The predicted octanol–water partition coefficient (Wildman–Crippen LogP) is 1.94. The quantitative estimate of drug-likeness (QED) is 0.283. The minimum absolute atomic E-state index is 0.0126. The van der Waals surface area contributed by atoms with E-state index in [1.54, 1.807) is 6.92 Å². The van der Waals surface area contributed by atoms with E-state index in [-0.39, 0.29) is 42.2 Å². The van der Waals surface area contributed by atoms with Crippen molar-refractivity contribution in [2.45, 2.75) is 121 Å². The van der Waals surface area contributed by atoms with Crippen molar-refractivity contribution in [2.24, 2.45) is 35.0 Å². The molecule has 0 aromatic heterocycles. The Bertz CT molecular complexity index is 1180. The molecule has 10 nitrogen and oxygen atoms in total. The fraction of sp³-hybridized carbons (Fsp3) is 0.818. The van der Waals surface area contributed by atoms with Crippen LogP contribution in [0.3, 0.4) is 0 Å². The molecular formula is C33H48O10. The number of aliphatic hydroxyl groups excluding tert-OH is 5. The Morgan fingerprint density at radius 2 is 1.77 bits per heavy atom. The molecule has 13 atom stereocenters. The monoisotopic (exact) mass is 604 g/mol. The van der Waals surface area contributed by atoms with Crippen LogP contribution in [0.15, 0.2) is 22.3 Å². The van der Waals surface area contributed by atoms with E-state index in [4.69, 9.17) is 14.2 Å². The normalized spacial score (nSPS) is 45.8. The first-order valence-corrected chi connectivity index (χ1v) is 16.2. The number of carbonyl (C=O) groups excluding carboxylic acids is 2. The van der Waals surface area contributed by atoms with Crippen LogP contribution in [0.1, 0.15) is 78.6 Å². The number of fused-ring (bicyclic) bond motifs is 4. The second-order valence-corrected chi connectivity index (χ2v) is 14.4. The van der Waals surface area contributed by atoms with Crippen molar-refractivity contribution in [3.05, 3.63) is 22.3 Å². The zero-order valence-corrected chi connectivity index (χ0v) is 25.5. The number of esters is 1. The lowest BCUT2D eigenvalue weighted by Gasteiger charge is -2.53. The summed E-state index contributed by atoms with van der Waals surface area (Å²) in [6.07, 6.45) is -0.133. The van der Waals surface area contributed by atoms with E-state index in [1.165, 1.54) is 5.57 Å². The maximum Gasteiger partial charge on any atom is 0.334 e. The van der Waals surface area contributed by atoms with Gasteiger partial charge in [0.05, 0.1) is 19.3 Å². The number of ketones is 1. The Balaban J connectivity index is 1.13. The third kappa shape index (κ3) is 5.34. The fourth-order valence-electron chi connectivity index (χ4n) is 9.90. The van der Waals surface area contributed by atoms with E-state index in [2.05, 4.69) is 13.8 Å². The van der Waals surface area contributed by atoms with E-state index >= 15 is 0 Å². The minimum Gasteiger partial charge on any atom is -0.458 e. The second-order valence-electron chi connectivity index (χ2n) is 14.4. The Hall–Kier alpha value is -1.66. The molecule has 2 aliphatic heterocycles. The van der Waals surface area contributed by atoms with Crippen LogP contribution in [-0.4, -0.2) is 93.4 Å².